The van der Waals surface area contributed by atoms with Crippen LogP contribution in [0, 0.1) is 46.3 Å². The Balaban J connectivity index is 1.22. The largest absolute Gasteiger partial charge is 0.495 e. The molecule has 7 unspecified atom stereocenters. The van der Waals surface area contributed by atoms with Gasteiger partial charge in [0.2, 0.25) is 0 Å². The summed E-state index contributed by atoms with van der Waals surface area (Å²) in [4.78, 5) is 6.50. The van der Waals surface area contributed by atoms with E-state index in [1.165, 1.54) is 68.4 Å². The third kappa shape index (κ3) is 4.83. The third-order valence-corrected chi connectivity index (χ3v) is 13.2. The van der Waals surface area contributed by atoms with Crippen LogP contribution in [0.5, 0.6) is 5.75 Å². The van der Waals surface area contributed by atoms with E-state index < -0.39 is 0 Å². The number of thiazole rings is 1. The lowest BCUT2D eigenvalue weighted by Gasteiger charge is -2.57. The lowest BCUT2D eigenvalue weighted by molar-refractivity contribution is -0.0392. The molecule has 2 saturated carbocycles. The van der Waals surface area contributed by atoms with E-state index in [4.69, 9.17) is 21.3 Å². The molecular formula is C35H49ClN2OS. The van der Waals surface area contributed by atoms with Crippen LogP contribution < -0.4 is 10.1 Å². The van der Waals surface area contributed by atoms with Gasteiger partial charge < -0.3 is 10.1 Å². The van der Waals surface area contributed by atoms with Crippen molar-refractivity contribution in [2.24, 2.45) is 46.3 Å². The summed E-state index contributed by atoms with van der Waals surface area (Å²) >= 11 is 8.12. The van der Waals surface area contributed by atoms with Gasteiger partial charge in [-0.15, -0.1) is 0 Å². The number of anilines is 2. The molecule has 1 aromatic carbocycles. The van der Waals surface area contributed by atoms with Crippen molar-refractivity contribution in [3.05, 3.63) is 39.9 Å². The lowest BCUT2D eigenvalue weighted by Crippen LogP contribution is -2.49. The number of hydrogen-bond acceptors (Lipinski definition) is 4. The molecule has 3 nitrogen and oxygen atoms in total. The molecule has 2 aromatic rings. The Bertz CT molecular complexity index is 1270. The van der Waals surface area contributed by atoms with E-state index in [9.17, 15) is 0 Å². The molecule has 218 valence electrons. The van der Waals surface area contributed by atoms with E-state index in [-0.39, 0.29) is 5.41 Å². The van der Waals surface area contributed by atoms with Gasteiger partial charge in [-0.2, -0.15) is 0 Å². The van der Waals surface area contributed by atoms with Crippen LogP contribution in [-0.4, -0.2) is 12.1 Å². The van der Waals surface area contributed by atoms with Gasteiger partial charge in [0.05, 0.1) is 23.4 Å². The topological polar surface area (TPSA) is 34.1 Å². The second-order valence-electron chi connectivity index (χ2n) is 14.4. The monoisotopic (exact) mass is 580 g/mol. The molecule has 1 aromatic heterocycles. The maximum atomic E-state index is 6.30. The molecule has 1 heterocycles. The molecule has 6 rings (SSSR count). The number of benzene rings is 1. The number of halogens is 1. The van der Waals surface area contributed by atoms with Crippen LogP contribution in [0.1, 0.15) is 103 Å². The molecular weight excluding hydrogens is 532 g/mol. The molecule has 0 radical (unpaired) electrons. The predicted octanol–water partition coefficient (Wildman–Crippen LogP) is 10.8. The summed E-state index contributed by atoms with van der Waals surface area (Å²) < 4.78 is 5.57. The normalized spacial score (nSPS) is 33.5. The molecule has 4 aliphatic rings. The number of allylic oxidation sites excluding steroid dienone is 2. The SMILES string of the molecule is COc1ccc(Cl)cc1Nc1nc2c(s1)C1=CCC3C(CCC4(C)C(C(C)CCCC(C)C)CCC34)C1(C)CC2. The Morgan fingerprint density at radius 1 is 1.10 bits per heavy atom. The smallest absolute Gasteiger partial charge is 0.188 e. The average molecular weight is 581 g/mol. The zero-order valence-electron chi connectivity index (χ0n) is 25.5. The van der Waals surface area contributed by atoms with Crippen molar-refractivity contribution in [3.8, 4) is 5.75 Å². The first-order valence-electron chi connectivity index (χ1n) is 15.9. The van der Waals surface area contributed by atoms with Crippen molar-refractivity contribution in [2.75, 3.05) is 12.4 Å². The number of aromatic nitrogens is 1. The predicted molar refractivity (Wildman–Crippen MR) is 171 cm³/mol. The number of hydrogen-bond donors (Lipinski definition) is 1. The van der Waals surface area contributed by atoms with Gasteiger partial charge in [0.1, 0.15) is 5.75 Å². The molecule has 0 spiro atoms. The van der Waals surface area contributed by atoms with Gasteiger partial charge in [0.25, 0.3) is 0 Å². The highest BCUT2D eigenvalue weighted by atomic mass is 35.5. The van der Waals surface area contributed by atoms with E-state index in [1.807, 2.05) is 29.5 Å². The average Bonchev–Trinajstić information content (AvgIpc) is 3.48. The summed E-state index contributed by atoms with van der Waals surface area (Å²) in [7, 11) is 1.70. The zero-order valence-corrected chi connectivity index (χ0v) is 27.1. The van der Waals surface area contributed by atoms with Gasteiger partial charge in [-0.3, -0.25) is 0 Å². The van der Waals surface area contributed by atoms with Gasteiger partial charge in [0, 0.05) is 5.02 Å². The van der Waals surface area contributed by atoms with Crippen molar-refractivity contribution >= 4 is 39.3 Å². The first kappa shape index (κ1) is 28.6. The van der Waals surface area contributed by atoms with E-state index in [0.717, 1.165) is 58.5 Å². The van der Waals surface area contributed by atoms with Gasteiger partial charge in [-0.25, -0.2) is 4.98 Å². The number of nitrogens with zero attached hydrogens (tertiary/aromatic N) is 1. The van der Waals surface area contributed by atoms with E-state index in [0.29, 0.717) is 10.4 Å². The van der Waals surface area contributed by atoms with Crippen LogP contribution in [0.15, 0.2) is 24.3 Å². The molecule has 1 N–H and O–H groups in total. The maximum Gasteiger partial charge on any atom is 0.188 e. The Kier molecular flexibility index (Phi) is 7.83. The van der Waals surface area contributed by atoms with Crippen LogP contribution >= 0.6 is 22.9 Å². The Hall–Kier alpha value is -1.52. The zero-order chi connectivity index (χ0) is 28.2. The van der Waals surface area contributed by atoms with E-state index >= 15 is 0 Å². The van der Waals surface area contributed by atoms with Crippen LogP contribution in [0.25, 0.3) is 5.57 Å². The number of methoxy groups -OCH3 is 1. The number of fused-ring (bicyclic) bond motifs is 7. The number of aryl methyl sites for hydroxylation is 1. The molecule has 0 aliphatic heterocycles. The van der Waals surface area contributed by atoms with E-state index in [2.05, 4.69) is 46.0 Å². The minimum absolute atomic E-state index is 0.274. The van der Waals surface area contributed by atoms with Crippen LogP contribution in [-0.2, 0) is 6.42 Å². The van der Waals surface area contributed by atoms with Crippen molar-refractivity contribution in [1.29, 1.82) is 0 Å². The van der Waals surface area contributed by atoms with Crippen LogP contribution in [0.3, 0.4) is 0 Å². The lowest BCUT2D eigenvalue weighted by atomic mass is 9.47. The molecule has 0 bridgehead atoms. The van der Waals surface area contributed by atoms with Crippen molar-refractivity contribution in [2.45, 2.75) is 98.8 Å². The number of ether oxygens (including phenoxy) is 1. The molecule has 2 fully saturated rings. The highest BCUT2D eigenvalue weighted by Crippen LogP contribution is 2.68. The maximum absolute atomic E-state index is 6.30. The Labute approximate surface area is 251 Å². The molecule has 0 amide bonds. The summed E-state index contributed by atoms with van der Waals surface area (Å²) in [6, 6.07) is 5.70. The second kappa shape index (κ2) is 11.0. The van der Waals surface area contributed by atoms with Crippen molar-refractivity contribution in [1.82, 2.24) is 4.98 Å². The summed E-state index contributed by atoms with van der Waals surface area (Å²) in [6.45, 7) is 12.6. The van der Waals surface area contributed by atoms with Gasteiger partial charge in [-0.05, 0) is 115 Å². The third-order valence-electron chi connectivity index (χ3n) is 11.9. The van der Waals surface area contributed by atoms with Crippen LogP contribution in [0.2, 0.25) is 5.02 Å². The molecule has 0 saturated heterocycles. The fourth-order valence-corrected chi connectivity index (χ4v) is 11.2. The van der Waals surface area contributed by atoms with Gasteiger partial charge in [0.15, 0.2) is 5.13 Å². The summed E-state index contributed by atoms with van der Waals surface area (Å²) in [5.41, 5.74) is 4.56. The van der Waals surface area contributed by atoms with E-state index in [1.54, 1.807) is 12.7 Å². The minimum atomic E-state index is 0.274. The number of rotatable bonds is 8. The first-order chi connectivity index (χ1) is 19.1. The Morgan fingerprint density at radius 2 is 1.93 bits per heavy atom. The fourth-order valence-electron chi connectivity index (χ4n) is 9.85. The minimum Gasteiger partial charge on any atom is -0.495 e. The second-order valence-corrected chi connectivity index (χ2v) is 15.9. The molecule has 40 heavy (non-hydrogen) atoms. The summed E-state index contributed by atoms with van der Waals surface area (Å²) in [5.74, 6) is 5.96. The van der Waals surface area contributed by atoms with Crippen molar-refractivity contribution in [3.63, 3.8) is 0 Å². The van der Waals surface area contributed by atoms with Crippen molar-refractivity contribution < 1.29 is 4.74 Å². The quantitative estimate of drug-likeness (QED) is 0.337. The summed E-state index contributed by atoms with van der Waals surface area (Å²) in [6.07, 6.45) is 16.2. The molecule has 5 heteroatoms. The van der Waals surface area contributed by atoms with Gasteiger partial charge in [-0.1, -0.05) is 82.9 Å². The molecule has 4 aliphatic carbocycles. The highest BCUT2D eigenvalue weighted by Gasteiger charge is 2.59. The fraction of sp³-hybridized carbons (Fsp3) is 0.686. The Morgan fingerprint density at radius 3 is 2.70 bits per heavy atom. The summed E-state index contributed by atoms with van der Waals surface area (Å²) in [5, 5.41) is 5.17. The highest BCUT2D eigenvalue weighted by molar-refractivity contribution is 7.16. The first-order valence-corrected chi connectivity index (χ1v) is 17.1. The van der Waals surface area contributed by atoms with Gasteiger partial charge >= 0.3 is 0 Å². The van der Waals surface area contributed by atoms with Crippen LogP contribution in [0.4, 0.5) is 10.8 Å². The number of nitrogens with one attached hydrogen (secondary N) is 1. The standard InChI is InChI=1S/C35H49ClN2OS/c1-21(2)8-7-9-22(3)25-13-14-26-24-11-12-28-32-29(17-19-35(28,5)27(24)16-18-34(25,26)4)37-33(40-32)38-30-20-23(36)10-15-31(30)39-6/h10,12,15,20-22,24-27H,7-9,11,13-14,16-19H2,1-6H3,(H,37,38). The molecule has 7 atom stereocenters.